The number of H-pyrrole nitrogens is 1. The van der Waals surface area contributed by atoms with Crippen molar-refractivity contribution >= 4 is 5.91 Å². The van der Waals surface area contributed by atoms with E-state index >= 15 is 0 Å². The van der Waals surface area contributed by atoms with E-state index in [4.69, 9.17) is 5.73 Å². The van der Waals surface area contributed by atoms with Gasteiger partial charge in [-0.2, -0.15) is 0 Å². The van der Waals surface area contributed by atoms with Gasteiger partial charge in [0.2, 0.25) is 11.5 Å². The average Bonchev–Trinajstić information content (AvgIpc) is 2.27. The number of hydrogen-bond acceptors (Lipinski definition) is 3. The highest BCUT2D eigenvalue weighted by Crippen LogP contribution is 2.02. The van der Waals surface area contributed by atoms with Crippen LogP contribution < -0.4 is 16.6 Å². The quantitative estimate of drug-likeness (QED) is 0.691. The number of rotatable bonds is 5. The Balaban J connectivity index is 2.42. The molecule has 0 aromatic carbocycles. The molecule has 17 heavy (non-hydrogen) atoms. The van der Waals surface area contributed by atoms with Crippen molar-refractivity contribution in [3.63, 3.8) is 0 Å². The van der Waals surface area contributed by atoms with Crippen LogP contribution in [-0.4, -0.2) is 16.9 Å². The van der Waals surface area contributed by atoms with Crippen molar-refractivity contribution in [2.75, 3.05) is 0 Å². The first-order valence-electron chi connectivity index (χ1n) is 5.70. The molecule has 0 saturated carbocycles. The topological polar surface area (TPSA) is 88.0 Å². The van der Waals surface area contributed by atoms with E-state index in [0.29, 0.717) is 18.9 Å². The Morgan fingerprint density at radius 2 is 2.18 bits per heavy atom. The zero-order valence-corrected chi connectivity index (χ0v) is 10.2. The lowest BCUT2D eigenvalue weighted by atomic mass is 10.0. The largest absolute Gasteiger partial charge is 0.351 e. The lowest BCUT2D eigenvalue weighted by Crippen LogP contribution is -2.41. The number of carbonyl (C=O) groups excluding carboxylic acids is 1. The molecule has 0 unspecified atom stereocenters. The smallest absolute Gasteiger partial charge is 0.247 e. The fraction of sp³-hybridized carbons (Fsp3) is 0.500. The van der Waals surface area contributed by atoms with Crippen LogP contribution in [0.25, 0.3) is 0 Å². The molecule has 0 saturated heterocycles. The molecule has 0 spiro atoms. The van der Waals surface area contributed by atoms with Crippen molar-refractivity contribution < 1.29 is 4.79 Å². The number of nitrogens with one attached hydrogen (secondary N) is 2. The third-order valence-electron chi connectivity index (χ3n) is 2.38. The van der Waals surface area contributed by atoms with E-state index < -0.39 is 6.04 Å². The van der Waals surface area contributed by atoms with E-state index in [1.54, 1.807) is 12.3 Å². The molecule has 0 radical (unpaired) electrons. The first kappa shape index (κ1) is 13.4. The summed E-state index contributed by atoms with van der Waals surface area (Å²) in [6.07, 6.45) is 2.24. The van der Waals surface area contributed by atoms with Crippen LogP contribution in [0.3, 0.4) is 0 Å². The van der Waals surface area contributed by atoms with Crippen molar-refractivity contribution in [1.29, 1.82) is 0 Å². The molecule has 5 nitrogen and oxygen atoms in total. The van der Waals surface area contributed by atoms with Crippen LogP contribution in [0.5, 0.6) is 0 Å². The van der Waals surface area contributed by atoms with Crippen LogP contribution in [0.1, 0.15) is 25.8 Å². The van der Waals surface area contributed by atoms with Gasteiger partial charge in [0.15, 0.2) is 0 Å². The Morgan fingerprint density at radius 3 is 2.71 bits per heavy atom. The van der Waals surface area contributed by atoms with E-state index in [1.807, 2.05) is 13.8 Å². The van der Waals surface area contributed by atoms with Crippen LogP contribution in [0.15, 0.2) is 23.1 Å². The van der Waals surface area contributed by atoms with E-state index in [2.05, 4.69) is 10.3 Å². The van der Waals surface area contributed by atoms with E-state index in [9.17, 15) is 9.59 Å². The van der Waals surface area contributed by atoms with Gasteiger partial charge in [-0.25, -0.2) is 0 Å². The van der Waals surface area contributed by atoms with Gasteiger partial charge in [-0.3, -0.25) is 9.59 Å². The van der Waals surface area contributed by atoms with E-state index in [-0.39, 0.29) is 11.5 Å². The summed E-state index contributed by atoms with van der Waals surface area (Å²) >= 11 is 0. The molecule has 5 heteroatoms. The average molecular weight is 237 g/mol. The molecule has 94 valence electrons. The molecule has 0 bridgehead atoms. The fourth-order valence-electron chi connectivity index (χ4n) is 1.49. The molecule has 1 aromatic heterocycles. The Morgan fingerprint density at radius 1 is 1.47 bits per heavy atom. The maximum atomic E-state index is 11.6. The molecule has 1 heterocycles. The Labute approximate surface area is 100 Å². The highest BCUT2D eigenvalue weighted by molar-refractivity contribution is 5.81. The summed E-state index contributed by atoms with van der Waals surface area (Å²) in [7, 11) is 0. The number of aromatic amines is 1. The summed E-state index contributed by atoms with van der Waals surface area (Å²) in [5.74, 6) is 0.230. The second kappa shape index (κ2) is 6.20. The summed E-state index contributed by atoms with van der Waals surface area (Å²) in [4.78, 5) is 25.0. The lowest BCUT2D eigenvalue weighted by Gasteiger charge is -2.13. The zero-order chi connectivity index (χ0) is 12.8. The first-order chi connectivity index (χ1) is 7.99. The van der Waals surface area contributed by atoms with Crippen molar-refractivity contribution in [2.24, 2.45) is 11.7 Å². The Bertz CT molecular complexity index is 406. The highest BCUT2D eigenvalue weighted by Gasteiger charge is 2.14. The number of pyridine rings is 1. The minimum absolute atomic E-state index is 0.156. The summed E-state index contributed by atoms with van der Waals surface area (Å²) in [6.45, 7) is 4.42. The van der Waals surface area contributed by atoms with Gasteiger partial charge in [-0.15, -0.1) is 0 Å². The highest BCUT2D eigenvalue weighted by atomic mass is 16.2. The van der Waals surface area contributed by atoms with Crippen LogP contribution in [0, 0.1) is 5.92 Å². The summed E-state index contributed by atoms with van der Waals surface area (Å²) in [5.41, 5.74) is 6.42. The molecular formula is C12H19N3O2. The molecule has 1 atom stereocenters. The minimum atomic E-state index is -0.474. The van der Waals surface area contributed by atoms with Gasteiger partial charge in [0.25, 0.3) is 0 Å². The molecule has 1 amide bonds. The number of aromatic nitrogens is 1. The van der Waals surface area contributed by atoms with Gasteiger partial charge < -0.3 is 16.0 Å². The SMILES string of the molecule is CC(C)C[C@H](N)C(=O)NCc1ccc(=O)[nH]c1. The minimum Gasteiger partial charge on any atom is -0.351 e. The Hall–Kier alpha value is -1.62. The first-order valence-corrected chi connectivity index (χ1v) is 5.70. The number of carbonyl (C=O) groups is 1. The molecule has 4 N–H and O–H groups in total. The molecule has 0 aliphatic heterocycles. The van der Waals surface area contributed by atoms with Crippen molar-refractivity contribution in [3.8, 4) is 0 Å². The summed E-state index contributed by atoms with van der Waals surface area (Å²) < 4.78 is 0. The molecule has 0 fully saturated rings. The van der Waals surface area contributed by atoms with Crippen molar-refractivity contribution in [2.45, 2.75) is 32.9 Å². The second-order valence-electron chi connectivity index (χ2n) is 4.52. The third kappa shape index (κ3) is 4.82. The van der Waals surface area contributed by atoms with Crippen LogP contribution in [0.2, 0.25) is 0 Å². The van der Waals surface area contributed by atoms with E-state index in [1.165, 1.54) is 6.07 Å². The van der Waals surface area contributed by atoms with E-state index in [0.717, 1.165) is 5.56 Å². The molecule has 0 aliphatic rings. The van der Waals surface area contributed by atoms with Crippen LogP contribution in [0.4, 0.5) is 0 Å². The maximum absolute atomic E-state index is 11.6. The van der Waals surface area contributed by atoms with Gasteiger partial charge in [0.05, 0.1) is 6.04 Å². The number of amides is 1. The zero-order valence-electron chi connectivity index (χ0n) is 10.2. The third-order valence-corrected chi connectivity index (χ3v) is 2.38. The standard InChI is InChI=1S/C12H19N3O2/c1-8(2)5-10(13)12(17)15-7-9-3-4-11(16)14-6-9/h3-4,6,8,10H,5,7,13H2,1-2H3,(H,14,16)(H,15,17)/t10-/m0/s1. The lowest BCUT2D eigenvalue weighted by molar-refractivity contribution is -0.122. The fourth-order valence-corrected chi connectivity index (χ4v) is 1.49. The predicted molar refractivity (Wildman–Crippen MR) is 66.3 cm³/mol. The van der Waals surface area contributed by atoms with Crippen LogP contribution >= 0.6 is 0 Å². The van der Waals surface area contributed by atoms with Gasteiger partial charge in [0.1, 0.15) is 0 Å². The van der Waals surface area contributed by atoms with Gasteiger partial charge in [0, 0.05) is 18.8 Å². The number of nitrogens with two attached hydrogens (primary N) is 1. The maximum Gasteiger partial charge on any atom is 0.247 e. The predicted octanol–water partition coefficient (Wildman–Crippen LogP) is 0.364. The summed E-state index contributed by atoms with van der Waals surface area (Å²) in [6, 6.07) is 2.63. The van der Waals surface area contributed by atoms with Gasteiger partial charge in [-0.1, -0.05) is 19.9 Å². The van der Waals surface area contributed by atoms with Crippen molar-refractivity contribution in [1.82, 2.24) is 10.3 Å². The molecular weight excluding hydrogens is 218 g/mol. The molecule has 0 aliphatic carbocycles. The van der Waals surface area contributed by atoms with Crippen molar-refractivity contribution in [3.05, 3.63) is 34.2 Å². The summed E-state index contributed by atoms with van der Waals surface area (Å²) in [5, 5.41) is 2.74. The normalized spacial score (nSPS) is 12.5. The Kier molecular flexibility index (Phi) is 4.90. The van der Waals surface area contributed by atoms with Gasteiger partial charge >= 0.3 is 0 Å². The van der Waals surface area contributed by atoms with Gasteiger partial charge in [-0.05, 0) is 17.9 Å². The second-order valence-corrected chi connectivity index (χ2v) is 4.52. The van der Waals surface area contributed by atoms with Crippen LogP contribution in [-0.2, 0) is 11.3 Å². The number of hydrogen-bond donors (Lipinski definition) is 3. The molecule has 1 aromatic rings. The monoisotopic (exact) mass is 237 g/mol. The molecule has 1 rings (SSSR count).